The summed E-state index contributed by atoms with van der Waals surface area (Å²) in [6.07, 6.45) is 0. The molecule has 1 heterocycles. The highest BCUT2D eigenvalue weighted by molar-refractivity contribution is 6.31. The van der Waals surface area contributed by atoms with Crippen molar-refractivity contribution in [3.63, 3.8) is 0 Å². The monoisotopic (exact) mass is 318 g/mol. The Morgan fingerprint density at radius 3 is 2.73 bits per heavy atom. The van der Waals surface area contributed by atoms with Crippen LogP contribution in [0.5, 0.6) is 0 Å². The third kappa shape index (κ3) is 3.89. The molecule has 0 bridgehead atoms. The fourth-order valence-electron chi connectivity index (χ4n) is 2.00. The van der Waals surface area contributed by atoms with Crippen molar-refractivity contribution in [2.24, 2.45) is 0 Å². The zero-order valence-corrected chi connectivity index (χ0v) is 13.6. The molecule has 2 N–H and O–H groups in total. The Kier molecular flexibility index (Phi) is 5.22. The minimum atomic E-state index is -0.168. The van der Waals surface area contributed by atoms with Crippen molar-refractivity contribution in [3.8, 4) is 0 Å². The molecule has 0 spiro atoms. The number of carbonyl (C=O) groups excluding carboxylic acids is 1. The largest absolute Gasteiger partial charge is 0.387 e. The van der Waals surface area contributed by atoms with Crippen LogP contribution in [0.2, 0.25) is 5.02 Å². The molecular weight excluding hydrogens is 300 g/mol. The fraction of sp³-hybridized carbons (Fsp3) is 0.250. The molecule has 0 aliphatic heterocycles. The second kappa shape index (κ2) is 7.13. The van der Waals surface area contributed by atoms with Gasteiger partial charge in [-0.25, -0.2) is 4.98 Å². The number of rotatable bonds is 5. The maximum absolute atomic E-state index is 12.3. The Hall–Kier alpha value is -2.27. The zero-order valence-electron chi connectivity index (χ0n) is 12.9. The number of carbonyl (C=O) groups is 1. The minimum Gasteiger partial charge on any atom is -0.387 e. The number of nitrogens with zero attached hydrogens (tertiary/aromatic N) is 2. The van der Waals surface area contributed by atoms with E-state index in [1.54, 1.807) is 25.2 Å². The van der Waals surface area contributed by atoms with Crippen LogP contribution in [0.15, 0.2) is 36.4 Å². The number of benzene rings is 1. The van der Waals surface area contributed by atoms with Gasteiger partial charge in [-0.2, -0.15) is 0 Å². The Morgan fingerprint density at radius 2 is 2.05 bits per heavy atom. The van der Waals surface area contributed by atoms with Gasteiger partial charge in [0.25, 0.3) is 5.91 Å². The van der Waals surface area contributed by atoms with Gasteiger partial charge in [0.05, 0.1) is 17.8 Å². The Labute approximate surface area is 135 Å². The number of pyridine rings is 1. The maximum Gasteiger partial charge on any atom is 0.253 e. The van der Waals surface area contributed by atoms with Gasteiger partial charge in [-0.3, -0.25) is 4.79 Å². The number of nitrogens with one attached hydrogen (secondary N) is 2. The van der Waals surface area contributed by atoms with Crippen LogP contribution in [0.1, 0.15) is 16.1 Å². The third-order valence-electron chi connectivity index (χ3n) is 3.18. The van der Waals surface area contributed by atoms with Gasteiger partial charge in [-0.05, 0) is 30.3 Å². The molecular formula is C16H19ClN4O. The normalized spacial score (nSPS) is 10.2. The lowest BCUT2D eigenvalue weighted by molar-refractivity contribution is 0.0951. The molecule has 0 radical (unpaired) electrons. The molecule has 1 amide bonds. The summed E-state index contributed by atoms with van der Waals surface area (Å²) < 4.78 is 0. The minimum absolute atomic E-state index is 0.168. The molecule has 0 unspecified atom stereocenters. The first kappa shape index (κ1) is 16.1. The first-order chi connectivity index (χ1) is 10.5. The second-order valence-electron chi connectivity index (χ2n) is 5.00. The van der Waals surface area contributed by atoms with E-state index in [4.69, 9.17) is 11.6 Å². The highest BCUT2D eigenvalue weighted by Crippen LogP contribution is 2.20. The third-order valence-corrected chi connectivity index (χ3v) is 3.41. The topological polar surface area (TPSA) is 57.3 Å². The molecule has 1 aromatic heterocycles. The molecule has 22 heavy (non-hydrogen) atoms. The highest BCUT2D eigenvalue weighted by Gasteiger charge is 2.11. The number of aromatic nitrogens is 1. The fourth-order valence-corrected chi connectivity index (χ4v) is 2.17. The van der Waals surface area contributed by atoms with Gasteiger partial charge in [0.15, 0.2) is 0 Å². The molecule has 5 nitrogen and oxygen atoms in total. The van der Waals surface area contributed by atoms with Crippen molar-refractivity contribution in [3.05, 3.63) is 52.7 Å². The smallest absolute Gasteiger partial charge is 0.253 e. The first-order valence-corrected chi connectivity index (χ1v) is 7.28. The van der Waals surface area contributed by atoms with Gasteiger partial charge in [0, 0.05) is 31.9 Å². The van der Waals surface area contributed by atoms with Crippen molar-refractivity contribution in [1.82, 2.24) is 10.3 Å². The SMILES string of the molecule is CNc1cc(Cl)ccc1C(=O)NCc1cccc(N(C)C)n1. The van der Waals surface area contributed by atoms with Crippen LogP contribution in [0.25, 0.3) is 0 Å². The summed E-state index contributed by atoms with van der Waals surface area (Å²) in [6.45, 7) is 0.367. The van der Waals surface area contributed by atoms with Gasteiger partial charge >= 0.3 is 0 Å². The molecule has 2 rings (SSSR count). The van der Waals surface area contributed by atoms with E-state index in [9.17, 15) is 4.79 Å². The summed E-state index contributed by atoms with van der Waals surface area (Å²) in [5, 5.41) is 6.43. The standard InChI is InChI=1S/C16H19ClN4O/c1-18-14-9-11(17)7-8-13(14)16(22)19-10-12-5-4-6-15(20-12)21(2)3/h4-9,18H,10H2,1-3H3,(H,19,22). The lowest BCUT2D eigenvalue weighted by Crippen LogP contribution is -2.24. The lowest BCUT2D eigenvalue weighted by atomic mass is 10.1. The molecule has 2 aromatic rings. The summed E-state index contributed by atoms with van der Waals surface area (Å²) in [7, 11) is 5.61. The Bertz CT molecular complexity index is 673. The van der Waals surface area contributed by atoms with Crippen molar-refractivity contribution in [1.29, 1.82) is 0 Å². The van der Waals surface area contributed by atoms with Gasteiger partial charge in [-0.15, -0.1) is 0 Å². The molecule has 0 saturated heterocycles. The summed E-state index contributed by atoms with van der Waals surface area (Å²) in [5.74, 6) is 0.687. The average molecular weight is 319 g/mol. The molecule has 1 aromatic carbocycles. The maximum atomic E-state index is 12.3. The molecule has 0 atom stereocenters. The van der Waals surface area contributed by atoms with Crippen molar-refractivity contribution in [2.75, 3.05) is 31.4 Å². The summed E-state index contributed by atoms with van der Waals surface area (Å²) in [5.41, 5.74) is 2.05. The van der Waals surface area contributed by atoms with Crippen molar-refractivity contribution < 1.29 is 4.79 Å². The zero-order chi connectivity index (χ0) is 16.1. The van der Waals surface area contributed by atoms with Crippen molar-refractivity contribution in [2.45, 2.75) is 6.54 Å². The van der Waals surface area contributed by atoms with Crippen molar-refractivity contribution >= 4 is 29.0 Å². The van der Waals surface area contributed by atoms with Crippen LogP contribution < -0.4 is 15.5 Å². The van der Waals surface area contributed by atoms with E-state index in [2.05, 4.69) is 15.6 Å². The lowest BCUT2D eigenvalue weighted by Gasteiger charge is -2.13. The molecule has 6 heteroatoms. The summed E-state index contributed by atoms with van der Waals surface area (Å²) in [6, 6.07) is 10.8. The van der Waals surface area contributed by atoms with Crippen LogP contribution >= 0.6 is 11.6 Å². The summed E-state index contributed by atoms with van der Waals surface area (Å²) in [4.78, 5) is 18.7. The predicted molar refractivity (Wildman–Crippen MR) is 90.7 cm³/mol. The summed E-state index contributed by atoms with van der Waals surface area (Å²) >= 11 is 5.93. The van der Waals surface area contributed by atoms with E-state index in [1.807, 2.05) is 37.2 Å². The van der Waals surface area contributed by atoms with E-state index < -0.39 is 0 Å². The number of hydrogen-bond donors (Lipinski definition) is 2. The van der Waals surface area contributed by atoms with E-state index in [1.165, 1.54) is 0 Å². The highest BCUT2D eigenvalue weighted by atomic mass is 35.5. The molecule has 0 aliphatic carbocycles. The van der Waals surface area contributed by atoms with E-state index >= 15 is 0 Å². The number of halogens is 1. The van der Waals surface area contributed by atoms with Gasteiger partial charge in [0.1, 0.15) is 5.82 Å². The van der Waals surface area contributed by atoms with Crippen LogP contribution in [-0.2, 0) is 6.54 Å². The quantitative estimate of drug-likeness (QED) is 0.890. The molecule has 0 saturated carbocycles. The molecule has 116 valence electrons. The van der Waals surface area contributed by atoms with E-state index in [0.29, 0.717) is 22.8 Å². The van der Waals surface area contributed by atoms with E-state index in [-0.39, 0.29) is 5.91 Å². The predicted octanol–water partition coefficient (Wildman–Crippen LogP) is 2.77. The number of anilines is 2. The number of hydrogen-bond acceptors (Lipinski definition) is 4. The average Bonchev–Trinajstić information content (AvgIpc) is 2.52. The van der Waals surface area contributed by atoms with Gasteiger partial charge < -0.3 is 15.5 Å². The van der Waals surface area contributed by atoms with Crippen LogP contribution in [0.4, 0.5) is 11.5 Å². The van der Waals surface area contributed by atoms with Crippen LogP contribution in [0.3, 0.4) is 0 Å². The number of amides is 1. The molecule has 0 aliphatic rings. The van der Waals surface area contributed by atoms with Gasteiger partial charge in [-0.1, -0.05) is 17.7 Å². The Balaban J connectivity index is 2.08. The first-order valence-electron chi connectivity index (χ1n) is 6.90. The second-order valence-corrected chi connectivity index (χ2v) is 5.44. The van der Waals surface area contributed by atoms with E-state index in [0.717, 1.165) is 11.5 Å². The molecule has 0 fully saturated rings. The van der Waals surface area contributed by atoms with Crippen LogP contribution in [0, 0.1) is 0 Å². The Morgan fingerprint density at radius 1 is 1.27 bits per heavy atom. The van der Waals surface area contributed by atoms with Crippen LogP contribution in [-0.4, -0.2) is 32.0 Å². The van der Waals surface area contributed by atoms with Gasteiger partial charge in [0.2, 0.25) is 0 Å².